The molecule has 1 saturated heterocycles. The van der Waals surface area contributed by atoms with Crippen molar-refractivity contribution in [2.24, 2.45) is 0 Å². The number of nitrogens with zero attached hydrogens (tertiary/aromatic N) is 4. The van der Waals surface area contributed by atoms with Crippen molar-refractivity contribution in [1.29, 1.82) is 0 Å². The number of fused-ring (bicyclic) bond motifs is 1. The van der Waals surface area contributed by atoms with Gasteiger partial charge in [0.2, 0.25) is 5.91 Å². The van der Waals surface area contributed by atoms with Crippen LogP contribution < -0.4 is 20.7 Å². The number of aliphatic hydroxyl groups excluding tert-OH is 1. The molecule has 8 nitrogen and oxygen atoms in total. The third-order valence-corrected chi connectivity index (χ3v) is 7.46. The number of aliphatic hydroxyl groups is 1. The molecule has 0 bridgehead atoms. The molecule has 2 aliphatic heterocycles. The largest absolute Gasteiger partial charge is 0.418 e. The van der Waals surface area contributed by atoms with Crippen LogP contribution in [0.2, 0.25) is 0 Å². The molecule has 2 aliphatic rings. The lowest BCUT2D eigenvalue weighted by Crippen LogP contribution is -2.35. The number of hydrogen-bond acceptors (Lipinski definition) is 6. The summed E-state index contributed by atoms with van der Waals surface area (Å²) in [7, 11) is 0. The summed E-state index contributed by atoms with van der Waals surface area (Å²) in [6, 6.07) is 9.43. The average molecular weight is 556 g/mol. The van der Waals surface area contributed by atoms with Gasteiger partial charge in [0, 0.05) is 56.0 Å². The molecule has 212 valence electrons. The summed E-state index contributed by atoms with van der Waals surface area (Å²) in [4.78, 5) is 29.0. The number of β-amino-alcohol motifs (C(OH)–C–C–N with tert-alkyl or cyclic N) is 1. The highest BCUT2D eigenvalue weighted by atomic mass is 19.4. The summed E-state index contributed by atoms with van der Waals surface area (Å²) in [6.07, 6.45) is -3.59. The molecule has 1 amide bonds. The van der Waals surface area contributed by atoms with E-state index >= 15 is 0 Å². The van der Waals surface area contributed by atoms with Crippen LogP contribution in [0.3, 0.4) is 0 Å². The summed E-state index contributed by atoms with van der Waals surface area (Å²) >= 11 is 0. The van der Waals surface area contributed by atoms with Crippen LogP contribution in [0.25, 0.3) is 16.9 Å². The molecule has 5 rings (SSSR count). The Bertz CT molecular complexity index is 1500. The summed E-state index contributed by atoms with van der Waals surface area (Å²) in [6.45, 7) is 6.71. The number of carbonyl (C=O) groups excluding carboxylic acids is 1. The third kappa shape index (κ3) is 5.30. The van der Waals surface area contributed by atoms with Gasteiger partial charge in [0.1, 0.15) is 5.69 Å². The minimum Gasteiger partial charge on any atom is -0.395 e. The van der Waals surface area contributed by atoms with Gasteiger partial charge in [-0.05, 0) is 57.0 Å². The molecular formula is C29H32F3N5O3. The summed E-state index contributed by atoms with van der Waals surface area (Å²) in [5.74, 6) is -0.166. The third-order valence-electron chi connectivity index (χ3n) is 7.46. The molecule has 1 atom stereocenters. The molecule has 0 radical (unpaired) electrons. The van der Waals surface area contributed by atoms with Gasteiger partial charge in [0.25, 0.3) is 5.56 Å². The Morgan fingerprint density at radius 2 is 1.85 bits per heavy atom. The van der Waals surface area contributed by atoms with Gasteiger partial charge < -0.3 is 20.2 Å². The highest BCUT2D eigenvalue weighted by molar-refractivity contribution is 5.75. The first-order valence-corrected chi connectivity index (χ1v) is 13.3. The SMILES string of the molecule is CC(=O)NC1CCN(c2ccc(C(F)(F)F)c(-n3nc(-c4cc(C)cc(C)c4)c4c(c3=O)N(CCO)CC4)c2)C1. The number of anilines is 2. The number of hydrogen-bond donors (Lipinski definition) is 2. The number of alkyl halides is 3. The maximum absolute atomic E-state index is 14.3. The topological polar surface area (TPSA) is 90.7 Å². The van der Waals surface area contributed by atoms with Crippen LogP contribution in [-0.2, 0) is 17.4 Å². The molecule has 0 aliphatic carbocycles. The molecular weight excluding hydrogens is 523 g/mol. The second-order valence-corrected chi connectivity index (χ2v) is 10.6. The molecule has 2 aromatic carbocycles. The van der Waals surface area contributed by atoms with Gasteiger partial charge in [-0.3, -0.25) is 9.59 Å². The molecule has 40 heavy (non-hydrogen) atoms. The van der Waals surface area contributed by atoms with E-state index in [2.05, 4.69) is 10.4 Å². The van der Waals surface area contributed by atoms with Gasteiger partial charge in [0.15, 0.2) is 0 Å². The van der Waals surface area contributed by atoms with Crippen molar-refractivity contribution in [3.63, 3.8) is 0 Å². The van der Waals surface area contributed by atoms with Crippen molar-refractivity contribution < 1.29 is 23.1 Å². The van der Waals surface area contributed by atoms with E-state index in [9.17, 15) is 27.9 Å². The lowest BCUT2D eigenvalue weighted by atomic mass is 10.0. The normalized spacial score (nSPS) is 16.9. The van der Waals surface area contributed by atoms with Crippen LogP contribution in [0, 0.1) is 13.8 Å². The molecule has 1 unspecified atom stereocenters. The fourth-order valence-electron chi connectivity index (χ4n) is 5.85. The van der Waals surface area contributed by atoms with Crippen LogP contribution >= 0.6 is 0 Å². The Balaban J connectivity index is 1.72. The van der Waals surface area contributed by atoms with E-state index in [1.54, 1.807) is 4.90 Å². The molecule has 1 fully saturated rings. The van der Waals surface area contributed by atoms with E-state index in [0.29, 0.717) is 49.4 Å². The van der Waals surface area contributed by atoms with Crippen molar-refractivity contribution in [2.75, 3.05) is 42.6 Å². The van der Waals surface area contributed by atoms with Crippen molar-refractivity contribution in [2.45, 2.75) is 45.8 Å². The standard InChI is InChI=1S/C29H32F3N5O3/c1-17-12-18(2)14-20(13-17)26-23-7-9-35(10-11-38)27(23)28(40)37(34-26)25-15-22(4-5-24(25)29(30,31)32)36-8-6-21(16-36)33-19(3)39/h4-5,12-15,21,38H,6-11,16H2,1-3H3,(H,33,39). The lowest BCUT2D eigenvalue weighted by Gasteiger charge is -2.23. The van der Waals surface area contributed by atoms with Crippen molar-refractivity contribution >= 4 is 17.3 Å². The van der Waals surface area contributed by atoms with Gasteiger partial charge >= 0.3 is 6.18 Å². The highest BCUT2D eigenvalue weighted by Gasteiger charge is 2.37. The van der Waals surface area contributed by atoms with Crippen molar-refractivity contribution in [3.05, 3.63) is 69.0 Å². The van der Waals surface area contributed by atoms with E-state index < -0.39 is 17.3 Å². The van der Waals surface area contributed by atoms with Gasteiger partial charge in [-0.2, -0.15) is 23.0 Å². The molecule has 0 saturated carbocycles. The number of carbonyl (C=O) groups is 1. The van der Waals surface area contributed by atoms with Crippen LogP contribution in [0.4, 0.5) is 24.5 Å². The van der Waals surface area contributed by atoms with Crippen molar-refractivity contribution in [3.8, 4) is 16.9 Å². The second kappa shape index (κ2) is 10.6. The first-order chi connectivity index (χ1) is 19.0. The number of halogens is 3. The van der Waals surface area contributed by atoms with Gasteiger partial charge in [-0.25, -0.2) is 0 Å². The zero-order valence-electron chi connectivity index (χ0n) is 22.7. The zero-order chi connectivity index (χ0) is 28.8. The van der Waals surface area contributed by atoms with E-state index in [-0.39, 0.29) is 36.5 Å². The summed E-state index contributed by atoms with van der Waals surface area (Å²) in [5.41, 5.74) is 2.56. The van der Waals surface area contributed by atoms with Gasteiger partial charge in [0.05, 0.1) is 23.6 Å². The molecule has 3 aromatic rings. The van der Waals surface area contributed by atoms with Crippen LogP contribution in [-0.4, -0.2) is 59.6 Å². The lowest BCUT2D eigenvalue weighted by molar-refractivity contribution is -0.137. The Morgan fingerprint density at radius 3 is 2.50 bits per heavy atom. The minimum absolute atomic E-state index is 0.118. The number of nitrogens with one attached hydrogen (secondary N) is 1. The number of benzene rings is 2. The average Bonchev–Trinajstić information content (AvgIpc) is 3.50. The second-order valence-electron chi connectivity index (χ2n) is 10.6. The molecule has 3 heterocycles. The Hall–Kier alpha value is -3.86. The van der Waals surface area contributed by atoms with Crippen LogP contribution in [0.5, 0.6) is 0 Å². The Morgan fingerprint density at radius 1 is 1.12 bits per heavy atom. The van der Waals surface area contributed by atoms with Crippen LogP contribution in [0.1, 0.15) is 35.6 Å². The fourth-order valence-corrected chi connectivity index (χ4v) is 5.85. The monoisotopic (exact) mass is 555 g/mol. The van der Waals surface area contributed by atoms with E-state index in [0.717, 1.165) is 27.4 Å². The van der Waals surface area contributed by atoms with Gasteiger partial charge in [-0.15, -0.1) is 0 Å². The molecule has 1 aromatic heterocycles. The summed E-state index contributed by atoms with van der Waals surface area (Å²) < 4.78 is 43.9. The van der Waals surface area contributed by atoms with E-state index in [1.165, 1.54) is 19.1 Å². The molecule has 2 N–H and O–H groups in total. The summed E-state index contributed by atoms with van der Waals surface area (Å²) in [5, 5.41) is 17.1. The predicted molar refractivity (Wildman–Crippen MR) is 147 cm³/mol. The van der Waals surface area contributed by atoms with E-state index in [4.69, 9.17) is 0 Å². The maximum Gasteiger partial charge on any atom is 0.418 e. The zero-order valence-corrected chi connectivity index (χ0v) is 22.7. The smallest absolute Gasteiger partial charge is 0.395 e. The first-order valence-electron chi connectivity index (χ1n) is 13.3. The number of amides is 1. The Kier molecular flexibility index (Phi) is 7.34. The minimum atomic E-state index is -4.73. The molecule has 0 spiro atoms. The Labute approximate surface area is 230 Å². The van der Waals surface area contributed by atoms with E-state index in [1.807, 2.05) is 36.9 Å². The maximum atomic E-state index is 14.3. The van der Waals surface area contributed by atoms with Gasteiger partial charge in [-0.1, -0.05) is 17.2 Å². The quantitative estimate of drug-likeness (QED) is 0.483. The molecule has 11 heteroatoms. The first kappa shape index (κ1) is 27.7. The number of aryl methyl sites for hydroxylation is 2. The van der Waals surface area contributed by atoms with Crippen LogP contribution in [0.15, 0.2) is 41.2 Å². The fraction of sp³-hybridized carbons (Fsp3) is 0.414. The number of rotatable bonds is 6. The van der Waals surface area contributed by atoms with Crippen molar-refractivity contribution in [1.82, 2.24) is 15.1 Å². The predicted octanol–water partition coefficient (Wildman–Crippen LogP) is 3.60. The number of aromatic nitrogens is 2. The highest BCUT2D eigenvalue weighted by Crippen LogP contribution is 2.38.